The highest BCUT2D eigenvalue weighted by Crippen LogP contribution is 2.89. The third-order valence-electron chi connectivity index (χ3n) is 13.4. The quantitative estimate of drug-likeness (QED) is 0.326. The molecule has 204 valence electrons. The van der Waals surface area contributed by atoms with Gasteiger partial charge >= 0.3 is 5.97 Å². The van der Waals surface area contributed by atoms with Gasteiger partial charge in [-0.2, -0.15) is 0 Å². The van der Waals surface area contributed by atoms with Crippen molar-refractivity contribution in [1.29, 1.82) is 0 Å². The van der Waals surface area contributed by atoms with Gasteiger partial charge in [0.05, 0.1) is 6.10 Å². The first-order valence-corrected chi connectivity index (χ1v) is 14.9. The van der Waals surface area contributed by atoms with Crippen molar-refractivity contribution < 1.29 is 19.7 Å². The highest BCUT2D eigenvalue weighted by atomic mass is 16.6. The molecule has 11 atom stereocenters. The van der Waals surface area contributed by atoms with Crippen molar-refractivity contribution in [2.24, 2.45) is 50.7 Å². The molecule has 0 heterocycles. The van der Waals surface area contributed by atoms with E-state index in [1.807, 2.05) is 0 Å². The molecule has 0 saturated heterocycles. The molecule has 5 aliphatic carbocycles. The third-order valence-corrected chi connectivity index (χ3v) is 13.4. The van der Waals surface area contributed by atoms with E-state index in [1.54, 1.807) is 0 Å². The Hall–Kier alpha value is -0.870. The summed E-state index contributed by atoms with van der Waals surface area (Å²) in [7, 11) is 0. The van der Waals surface area contributed by atoms with Crippen molar-refractivity contribution in [2.45, 2.75) is 131 Å². The van der Waals surface area contributed by atoms with Crippen molar-refractivity contribution >= 4 is 5.97 Å². The molecule has 4 heteroatoms. The standard InChI is InChI=1S/C32H52O4/c1-19(2)10-9-11-20(3)22-14-15-30(8)24-13-12-23-28(5,6)26(35)25(34)27(36-21(4)33)32(23)18-31(24,32)17-16-29(22,30)7/h10,20,22-27,34-35H,9,11-18H2,1-8H3. The second-order valence-corrected chi connectivity index (χ2v) is 15.2. The zero-order valence-electron chi connectivity index (χ0n) is 24.2. The molecular weight excluding hydrogens is 448 g/mol. The molecule has 0 amide bonds. The monoisotopic (exact) mass is 500 g/mol. The van der Waals surface area contributed by atoms with Crippen LogP contribution >= 0.6 is 0 Å². The predicted octanol–water partition coefficient (Wildman–Crippen LogP) is 6.68. The SMILES string of the molecule is CC(=O)OC1C(O)C(O)C(C)(C)C2CCC3C4(C)CCC(C(C)CCC=C(C)C)C4(C)CCC34CC124. The Morgan fingerprint density at radius 2 is 1.64 bits per heavy atom. The second kappa shape index (κ2) is 8.31. The van der Waals surface area contributed by atoms with Crippen LogP contribution in [0.15, 0.2) is 11.6 Å². The van der Waals surface area contributed by atoms with Crippen molar-refractivity contribution in [3.05, 3.63) is 11.6 Å². The summed E-state index contributed by atoms with van der Waals surface area (Å²) in [6.07, 6.45) is 10.7. The number of fused-ring (bicyclic) bond motifs is 2. The minimum Gasteiger partial charge on any atom is -0.459 e. The summed E-state index contributed by atoms with van der Waals surface area (Å²) >= 11 is 0. The Morgan fingerprint density at radius 3 is 2.28 bits per heavy atom. The maximum Gasteiger partial charge on any atom is 0.303 e. The normalized spacial score (nSPS) is 51.2. The fraction of sp³-hybridized carbons (Fsp3) is 0.906. The number of hydrogen-bond acceptors (Lipinski definition) is 4. The van der Waals surface area contributed by atoms with Crippen LogP contribution in [0.25, 0.3) is 0 Å². The van der Waals surface area contributed by atoms with Crippen LogP contribution in [0.5, 0.6) is 0 Å². The lowest BCUT2D eigenvalue weighted by Gasteiger charge is -2.64. The van der Waals surface area contributed by atoms with E-state index < -0.39 is 18.3 Å². The summed E-state index contributed by atoms with van der Waals surface area (Å²) < 4.78 is 5.96. The molecule has 0 radical (unpaired) electrons. The lowest BCUT2D eigenvalue weighted by atomic mass is 9.41. The Labute approximate surface area is 219 Å². The first-order valence-electron chi connectivity index (χ1n) is 14.9. The Morgan fingerprint density at radius 1 is 0.972 bits per heavy atom. The van der Waals surface area contributed by atoms with Crippen LogP contribution in [0.3, 0.4) is 0 Å². The molecule has 0 bridgehead atoms. The van der Waals surface area contributed by atoms with Crippen LogP contribution in [-0.4, -0.2) is 34.5 Å². The van der Waals surface area contributed by atoms with Crippen molar-refractivity contribution in [3.8, 4) is 0 Å². The van der Waals surface area contributed by atoms with E-state index in [4.69, 9.17) is 4.74 Å². The minimum atomic E-state index is -1.01. The van der Waals surface area contributed by atoms with Gasteiger partial charge in [0, 0.05) is 12.3 Å². The van der Waals surface area contributed by atoms with Crippen LogP contribution in [0.4, 0.5) is 0 Å². The number of ether oxygens (including phenoxy) is 1. The maximum atomic E-state index is 12.2. The topological polar surface area (TPSA) is 66.8 Å². The van der Waals surface area contributed by atoms with E-state index in [2.05, 4.69) is 54.5 Å². The zero-order valence-corrected chi connectivity index (χ0v) is 24.2. The van der Waals surface area contributed by atoms with Gasteiger partial charge in [-0.25, -0.2) is 0 Å². The highest BCUT2D eigenvalue weighted by Gasteiger charge is 2.86. The molecule has 5 rings (SSSR count). The van der Waals surface area contributed by atoms with Crippen LogP contribution in [0.1, 0.15) is 113 Å². The van der Waals surface area contributed by atoms with E-state index >= 15 is 0 Å². The van der Waals surface area contributed by atoms with Crippen LogP contribution in [0, 0.1) is 50.7 Å². The zero-order chi connectivity index (χ0) is 26.5. The molecule has 5 fully saturated rings. The van der Waals surface area contributed by atoms with Gasteiger partial charge in [-0.05, 0) is 117 Å². The van der Waals surface area contributed by atoms with Crippen LogP contribution in [0.2, 0.25) is 0 Å². The molecule has 5 aliphatic rings. The van der Waals surface area contributed by atoms with Crippen molar-refractivity contribution in [2.75, 3.05) is 0 Å². The number of allylic oxidation sites excluding steroid dienone is 2. The first kappa shape index (κ1) is 26.7. The first-order chi connectivity index (χ1) is 16.7. The van der Waals surface area contributed by atoms with Crippen LogP contribution in [-0.2, 0) is 9.53 Å². The van der Waals surface area contributed by atoms with Gasteiger partial charge in [0.1, 0.15) is 12.2 Å². The molecule has 36 heavy (non-hydrogen) atoms. The Balaban J connectivity index is 1.48. The van der Waals surface area contributed by atoms with Crippen molar-refractivity contribution in [3.63, 3.8) is 0 Å². The second-order valence-electron chi connectivity index (χ2n) is 15.2. The molecular formula is C32H52O4. The summed E-state index contributed by atoms with van der Waals surface area (Å²) in [5.41, 5.74) is 1.59. The summed E-state index contributed by atoms with van der Waals surface area (Å²) in [6, 6.07) is 0. The largest absolute Gasteiger partial charge is 0.459 e. The molecule has 0 aromatic heterocycles. The van der Waals surface area contributed by atoms with E-state index in [1.165, 1.54) is 57.4 Å². The van der Waals surface area contributed by atoms with E-state index in [0.29, 0.717) is 11.3 Å². The molecule has 5 saturated carbocycles. The molecule has 4 nitrogen and oxygen atoms in total. The van der Waals surface area contributed by atoms with Gasteiger partial charge in [0.2, 0.25) is 0 Å². The molecule has 0 aliphatic heterocycles. The average Bonchev–Trinajstić information content (AvgIpc) is 3.39. The van der Waals surface area contributed by atoms with Gasteiger partial charge in [-0.3, -0.25) is 4.79 Å². The number of carbonyl (C=O) groups excluding carboxylic acids is 1. The number of rotatable bonds is 5. The lowest BCUT2D eigenvalue weighted by Crippen LogP contribution is -2.66. The van der Waals surface area contributed by atoms with E-state index in [0.717, 1.165) is 24.7 Å². The molecule has 2 spiro atoms. The molecule has 2 N–H and O–H groups in total. The summed E-state index contributed by atoms with van der Waals surface area (Å²) in [4.78, 5) is 12.2. The predicted molar refractivity (Wildman–Crippen MR) is 143 cm³/mol. The van der Waals surface area contributed by atoms with Gasteiger partial charge in [-0.1, -0.05) is 46.3 Å². The van der Waals surface area contributed by atoms with Crippen LogP contribution < -0.4 is 0 Å². The molecule has 0 aromatic carbocycles. The van der Waals surface area contributed by atoms with Crippen molar-refractivity contribution in [1.82, 2.24) is 0 Å². The lowest BCUT2D eigenvalue weighted by molar-refractivity contribution is -0.244. The third kappa shape index (κ3) is 3.22. The van der Waals surface area contributed by atoms with E-state index in [9.17, 15) is 15.0 Å². The minimum absolute atomic E-state index is 0.128. The number of hydrogen-bond donors (Lipinski definition) is 2. The average molecular weight is 501 g/mol. The highest BCUT2D eigenvalue weighted by molar-refractivity contribution is 5.66. The van der Waals surface area contributed by atoms with Gasteiger partial charge in [0.25, 0.3) is 0 Å². The van der Waals surface area contributed by atoms with E-state index in [-0.39, 0.29) is 33.5 Å². The number of esters is 1. The fourth-order valence-corrected chi connectivity index (χ4v) is 11.5. The molecule has 0 aromatic rings. The fourth-order valence-electron chi connectivity index (χ4n) is 11.5. The van der Waals surface area contributed by atoms with Gasteiger partial charge in [-0.15, -0.1) is 0 Å². The number of aliphatic hydroxyl groups excluding tert-OH is 2. The number of carbonyl (C=O) groups is 1. The Kier molecular flexibility index (Phi) is 6.17. The Bertz CT molecular complexity index is 934. The smallest absolute Gasteiger partial charge is 0.303 e. The number of aliphatic hydroxyl groups is 2. The summed E-state index contributed by atoms with van der Waals surface area (Å²) in [6.45, 7) is 17.8. The summed E-state index contributed by atoms with van der Waals surface area (Å²) in [5, 5.41) is 22.5. The summed E-state index contributed by atoms with van der Waals surface area (Å²) in [5.74, 6) is 2.03. The molecule has 11 unspecified atom stereocenters. The van der Waals surface area contributed by atoms with Gasteiger partial charge in [0.15, 0.2) is 0 Å². The van der Waals surface area contributed by atoms with Gasteiger partial charge < -0.3 is 14.9 Å². The maximum absolute atomic E-state index is 12.2.